The fourth-order valence-electron chi connectivity index (χ4n) is 3.44. The third-order valence-electron chi connectivity index (χ3n) is 5.11. The van der Waals surface area contributed by atoms with E-state index in [2.05, 4.69) is 41.9 Å². The van der Waals surface area contributed by atoms with Crippen LogP contribution < -0.4 is 16.0 Å². The van der Waals surface area contributed by atoms with Crippen LogP contribution in [-0.2, 0) is 4.79 Å². The maximum Gasteiger partial charge on any atom is 0.244 e. The van der Waals surface area contributed by atoms with Gasteiger partial charge in [0.2, 0.25) is 5.91 Å². The van der Waals surface area contributed by atoms with Crippen LogP contribution in [0.25, 0.3) is 0 Å². The molecule has 1 amide bonds. The lowest BCUT2D eigenvalue weighted by atomic mass is 9.93. The highest BCUT2D eigenvalue weighted by molar-refractivity contribution is 5.98. The summed E-state index contributed by atoms with van der Waals surface area (Å²) in [6.45, 7) is 5.12. The predicted octanol–water partition coefficient (Wildman–Crippen LogP) is 4.33. The number of anilines is 2. The van der Waals surface area contributed by atoms with Crippen molar-refractivity contribution in [2.45, 2.75) is 44.7 Å². The first-order valence-corrected chi connectivity index (χ1v) is 9.11. The third-order valence-corrected chi connectivity index (χ3v) is 5.11. The van der Waals surface area contributed by atoms with Gasteiger partial charge in [-0.3, -0.25) is 4.79 Å². The number of carbonyl (C=O) groups is 1. The summed E-state index contributed by atoms with van der Waals surface area (Å²) in [6, 6.07) is 18.5. The van der Waals surface area contributed by atoms with Crippen molar-refractivity contribution in [3.05, 3.63) is 60.2 Å². The first-order valence-electron chi connectivity index (χ1n) is 9.11. The molecule has 1 aliphatic rings. The number of amides is 1. The van der Waals surface area contributed by atoms with E-state index in [-0.39, 0.29) is 11.9 Å². The Kier molecular flexibility index (Phi) is 5.39. The molecule has 2 unspecified atom stereocenters. The van der Waals surface area contributed by atoms with Gasteiger partial charge in [-0.25, -0.2) is 0 Å². The number of hydrogen-bond acceptors (Lipinski definition) is 3. The van der Waals surface area contributed by atoms with Crippen molar-refractivity contribution < 1.29 is 4.79 Å². The number of nitrogens with one attached hydrogen (secondary N) is 3. The third kappa shape index (κ3) is 4.02. The van der Waals surface area contributed by atoms with Crippen LogP contribution in [0.3, 0.4) is 0 Å². The summed E-state index contributed by atoms with van der Waals surface area (Å²) >= 11 is 0. The molecule has 3 rings (SSSR count). The van der Waals surface area contributed by atoms with E-state index in [0.29, 0.717) is 0 Å². The van der Waals surface area contributed by atoms with E-state index in [1.807, 2.05) is 42.5 Å². The second kappa shape index (κ2) is 7.70. The first-order chi connectivity index (χ1) is 12.1. The van der Waals surface area contributed by atoms with Crippen LogP contribution in [0, 0.1) is 0 Å². The van der Waals surface area contributed by atoms with Crippen molar-refractivity contribution in [3.8, 4) is 0 Å². The minimum absolute atomic E-state index is 0.0749. The fourth-order valence-corrected chi connectivity index (χ4v) is 3.44. The van der Waals surface area contributed by atoms with E-state index in [1.165, 1.54) is 5.56 Å². The normalized spacial score (nSPS) is 20.9. The molecule has 0 aliphatic carbocycles. The van der Waals surface area contributed by atoms with Gasteiger partial charge < -0.3 is 16.0 Å². The van der Waals surface area contributed by atoms with Gasteiger partial charge in [0.1, 0.15) is 0 Å². The lowest BCUT2D eigenvalue weighted by Crippen LogP contribution is -2.50. The largest absolute Gasteiger partial charge is 0.379 e. The van der Waals surface area contributed by atoms with Crippen molar-refractivity contribution in [2.75, 3.05) is 17.2 Å². The molecule has 1 aliphatic heterocycles. The quantitative estimate of drug-likeness (QED) is 0.735. The molecule has 2 aromatic carbocycles. The van der Waals surface area contributed by atoms with Crippen LogP contribution in [0.5, 0.6) is 0 Å². The van der Waals surface area contributed by atoms with Crippen molar-refractivity contribution in [2.24, 2.45) is 0 Å². The summed E-state index contributed by atoms with van der Waals surface area (Å²) in [6.07, 6.45) is 2.78. The van der Waals surface area contributed by atoms with Gasteiger partial charge in [0.25, 0.3) is 0 Å². The SMILES string of the molecule is CCC1(C(=O)Nc2ccc(NC(C)c3ccccc3)cc2)CCCN1. The van der Waals surface area contributed by atoms with Gasteiger partial charge in [0.15, 0.2) is 0 Å². The second-order valence-electron chi connectivity index (χ2n) is 6.77. The Morgan fingerprint density at radius 1 is 1.12 bits per heavy atom. The predicted molar refractivity (Wildman–Crippen MR) is 104 cm³/mol. The Morgan fingerprint density at radius 3 is 2.40 bits per heavy atom. The van der Waals surface area contributed by atoms with E-state index < -0.39 is 5.54 Å². The molecule has 0 aromatic heterocycles. The maximum atomic E-state index is 12.6. The van der Waals surface area contributed by atoms with E-state index >= 15 is 0 Å². The minimum Gasteiger partial charge on any atom is -0.379 e. The van der Waals surface area contributed by atoms with Gasteiger partial charge in [-0.2, -0.15) is 0 Å². The fraction of sp³-hybridized carbons (Fsp3) is 0.381. The molecule has 0 spiro atoms. The monoisotopic (exact) mass is 337 g/mol. The van der Waals surface area contributed by atoms with Gasteiger partial charge in [-0.05, 0) is 62.6 Å². The zero-order valence-corrected chi connectivity index (χ0v) is 15.0. The van der Waals surface area contributed by atoms with Crippen LogP contribution in [0.2, 0.25) is 0 Å². The van der Waals surface area contributed by atoms with E-state index in [1.54, 1.807) is 0 Å². The van der Waals surface area contributed by atoms with Crippen LogP contribution in [0.1, 0.15) is 44.7 Å². The van der Waals surface area contributed by atoms with Crippen LogP contribution in [0.4, 0.5) is 11.4 Å². The molecule has 0 saturated carbocycles. The topological polar surface area (TPSA) is 53.2 Å². The lowest BCUT2D eigenvalue weighted by Gasteiger charge is -2.26. The highest BCUT2D eigenvalue weighted by Crippen LogP contribution is 2.26. The number of rotatable bonds is 6. The van der Waals surface area contributed by atoms with E-state index in [0.717, 1.165) is 37.2 Å². The molecule has 0 radical (unpaired) electrons. The first kappa shape index (κ1) is 17.5. The summed E-state index contributed by atoms with van der Waals surface area (Å²) in [7, 11) is 0. The standard InChI is InChI=1S/C21H27N3O/c1-3-21(14-7-15-22-21)20(25)24-19-12-10-18(11-13-19)23-16(2)17-8-5-4-6-9-17/h4-6,8-13,16,22-23H,3,7,14-15H2,1-2H3,(H,24,25). The second-order valence-corrected chi connectivity index (χ2v) is 6.77. The summed E-state index contributed by atoms with van der Waals surface area (Å²) in [4.78, 5) is 12.6. The summed E-state index contributed by atoms with van der Waals surface area (Å²) in [5.74, 6) is 0.0749. The molecular formula is C21H27N3O. The van der Waals surface area contributed by atoms with Gasteiger partial charge in [-0.1, -0.05) is 37.3 Å². The van der Waals surface area contributed by atoms with Crippen LogP contribution in [0.15, 0.2) is 54.6 Å². The summed E-state index contributed by atoms with van der Waals surface area (Å²) in [5, 5.41) is 9.92. The van der Waals surface area contributed by atoms with Crippen molar-refractivity contribution >= 4 is 17.3 Å². The molecule has 1 fully saturated rings. The lowest BCUT2D eigenvalue weighted by molar-refractivity contribution is -0.122. The maximum absolute atomic E-state index is 12.6. The Balaban J connectivity index is 1.61. The molecule has 1 heterocycles. The summed E-state index contributed by atoms with van der Waals surface area (Å²) < 4.78 is 0. The average Bonchev–Trinajstić information content (AvgIpc) is 3.14. The Labute approximate surface area is 150 Å². The van der Waals surface area contributed by atoms with E-state index in [9.17, 15) is 4.79 Å². The summed E-state index contributed by atoms with van der Waals surface area (Å²) in [5.41, 5.74) is 2.72. The molecule has 1 saturated heterocycles. The highest BCUT2D eigenvalue weighted by Gasteiger charge is 2.38. The van der Waals surface area contributed by atoms with E-state index in [4.69, 9.17) is 0 Å². The Bertz CT molecular complexity index is 691. The van der Waals surface area contributed by atoms with Crippen molar-refractivity contribution in [1.29, 1.82) is 0 Å². The molecule has 0 bridgehead atoms. The van der Waals surface area contributed by atoms with Gasteiger partial charge in [0.05, 0.1) is 5.54 Å². The Hall–Kier alpha value is -2.33. The van der Waals surface area contributed by atoms with Gasteiger partial charge in [-0.15, -0.1) is 0 Å². The van der Waals surface area contributed by atoms with Crippen molar-refractivity contribution in [1.82, 2.24) is 5.32 Å². The molecule has 4 heteroatoms. The molecule has 4 nitrogen and oxygen atoms in total. The average molecular weight is 337 g/mol. The number of benzene rings is 2. The molecule has 25 heavy (non-hydrogen) atoms. The van der Waals surface area contributed by atoms with Crippen LogP contribution >= 0.6 is 0 Å². The molecule has 2 aromatic rings. The smallest absolute Gasteiger partial charge is 0.244 e. The van der Waals surface area contributed by atoms with Crippen LogP contribution in [-0.4, -0.2) is 18.0 Å². The zero-order chi connectivity index (χ0) is 17.7. The van der Waals surface area contributed by atoms with Crippen molar-refractivity contribution in [3.63, 3.8) is 0 Å². The van der Waals surface area contributed by atoms with Gasteiger partial charge >= 0.3 is 0 Å². The molecule has 2 atom stereocenters. The molecular weight excluding hydrogens is 310 g/mol. The minimum atomic E-state index is -0.404. The van der Waals surface area contributed by atoms with Gasteiger partial charge in [0, 0.05) is 17.4 Å². The highest BCUT2D eigenvalue weighted by atomic mass is 16.2. The Morgan fingerprint density at radius 2 is 1.80 bits per heavy atom. The molecule has 132 valence electrons. The number of hydrogen-bond donors (Lipinski definition) is 3. The number of carbonyl (C=O) groups excluding carboxylic acids is 1. The molecule has 3 N–H and O–H groups in total. The zero-order valence-electron chi connectivity index (χ0n) is 15.0.